The fourth-order valence-corrected chi connectivity index (χ4v) is 1.65. The van der Waals surface area contributed by atoms with Crippen molar-refractivity contribution < 1.29 is 29.4 Å². The fraction of sp³-hybridized carbons (Fsp3) is 0.231. The lowest BCUT2D eigenvalue weighted by Gasteiger charge is -2.14. The topological polar surface area (TPSA) is 159 Å². The van der Waals surface area contributed by atoms with Gasteiger partial charge in [0.2, 0.25) is 0 Å². The summed E-state index contributed by atoms with van der Waals surface area (Å²) in [5.41, 5.74) is 5.34. The fourth-order valence-electron chi connectivity index (χ4n) is 1.65. The van der Waals surface area contributed by atoms with Crippen LogP contribution in [0.5, 0.6) is 0 Å². The number of nitrogens with two attached hydrogens (primary N) is 1. The second kappa shape index (κ2) is 7.62. The molecule has 1 unspecified atom stereocenters. The van der Waals surface area contributed by atoms with E-state index in [1.165, 1.54) is 24.3 Å². The smallest absolute Gasteiger partial charge is 0.326 e. The van der Waals surface area contributed by atoms with Crippen molar-refractivity contribution in [2.24, 2.45) is 5.73 Å². The molecule has 0 bridgehead atoms. The van der Waals surface area contributed by atoms with Gasteiger partial charge in [0.25, 0.3) is 5.91 Å². The minimum atomic E-state index is -1.33. The quantitative estimate of drug-likeness (QED) is 0.484. The van der Waals surface area contributed by atoms with Crippen molar-refractivity contribution in [2.45, 2.75) is 18.9 Å². The summed E-state index contributed by atoms with van der Waals surface area (Å²) in [6, 6.07) is 3.58. The maximum absolute atomic E-state index is 12.0. The molecule has 118 valence electrons. The molecular weight excluding hydrogens is 294 g/mol. The Kier molecular flexibility index (Phi) is 5.87. The largest absolute Gasteiger partial charge is 0.481 e. The van der Waals surface area contributed by atoms with Crippen LogP contribution in [0.15, 0.2) is 24.3 Å². The summed E-state index contributed by atoms with van der Waals surface area (Å²) in [5.74, 6) is -3.19. The molecule has 6 N–H and O–H groups in total. The number of carbonyl (C=O) groups excluding carboxylic acids is 2. The molecule has 0 radical (unpaired) electrons. The molecule has 0 fully saturated rings. The van der Waals surface area contributed by atoms with Crippen LogP contribution in [0.3, 0.4) is 0 Å². The molecule has 0 aliphatic carbocycles. The summed E-state index contributed by atoms with van der Waals surface area (Å²) in [4.78, 5) is 44.2. The number of anilines is 1. The van der Waals surface area contributed by atoms with Crippen molar-refractivity contribution in [3.63, 3.8) is 0 Å². The lowest BCUT2D eigenvalue weighted by Crippen LogP contribution is -2.41. The van der Waals surface area contributed by atoms with Crippen molar-refractivity contribution in [3.8, 4) is 0 Å². The number of aliphatic carboxylic acids is 2. The molecule has 0 spiro atoms. The van der Waals surface area contributed by atoms with Gasteiger partial charge in [0, 0.05) is 17.7 Å². The van der Waals surface area contributed by atoms with Gasteiger partial charge in [-0.2, -0.15) is 0 Å². The van der Waals surface area contributed by atoms with Gasteiger partial charge in [-0.1, -0.05) is 6.07 Å². The van der Waals surface area contributed by atoms with E-state index >= 15 is 0 Å². The summed E-state index contributed by atoms with van der Waals surface area (Å²) in [5, 5.41) is 22.0. The number of hydrogen-bond acceptors (Lipinski definition) is 4. The van der Waals surface area contributed by atoms with Gasteiger partial charge in [-0.3, -0.25) is 9.59 Å². The average Bonchev–Trinajstić information content (AvgIpc) is 2.42. The van der Waals surface area contributed by atoms with Crippen molar-refractivity contribution in [2.75, 3.05) is 5.32 Å². The highest BCUT2D eigenvalue weighted by Crippen LogP contribution is 2.11. The van der Waals surface area contributed by atoms with Crippen LogP contribution >= 0.6 is 0 Å². The molecule has 0 heterocycles. The summed E-state index contributed by atoms with van der Waals surface area (Å²) in [7, 11) is 0. The Morgan fingerprint density at radius 1 is 1.18 bits per heavy atom. The molecular formula is C13H15N3O6. The molecule has 9 heteroatoms. The standard InChI is InChI=1S/C13H15N3O6/c14-13(22)15-8-3-1-2-7(6-8)11(19)16-9(12(20)21)4-5-10(17)18/h1-3,6,9H,4-5H2,(H,16,19)(H,17,18)(H,20,21)(H3,14,15,22). The van der Waals surface area contributed by atoms with Gasteiger partial charge in [-0.25, -0.2) is 9.59 Å². The van der Waals surface area contributed by atoms with Crippen LogP contribution in [0.2, 0.25) is 0 Å². The van der Waals surface area contributed by atoms with E-state index in [9.17, 15) is 19.2 Å². The first-order valence-corrected chi connectivity index (χ1v) is 6.21. The van der Waals surface area contributed by atoms with E-state index in [1.54, 1.807) is 0 Å². The lowest BCUT2D eigenvalue weighted by atomic mass is 10.1. The van der Waals surface area contributed by atoms with Crippen molar-refractivity contribution in [3.05, 3.63) is 29.8 Å². The number of rotatable bonds is 7. The Morgan fingerprint density at radius 3 is 2.41 bits per heavy atom. The molecule has 9 nitrogen and oxygen atoms in total. The van der Waals surface area contributed by atoms with Gasteiger partial charge in [0.05, 0.1) is 0 Å². The number of hydrogen-bond donors (Lipinski definition) is 5. The van der Waals surface area contributed by atoms with Crippen LogP contribution in [0.4, 0.5) is 10.5 Å². The monoisotopic (exact) mass is 309 g/mol. The number of carboxylic acids is 2. The molecule has 1 aromatic carbocycles. The first kappa shape index (κ1) is 17.0. The first-order chi connectivity index (χ1) is 10.3. The van der Waals surface area contributed by atoms with Crippen molar-refractivity contribution in [1.82, 2.24) is 5.32 Å². The third kappa shape index (κ3) is 5.49. The van der Waals surface area contributed by atoms with Crippen LogP contribution in [0, 0.1) is 0 Å². The van der Waals surface area contributed by atoms with Crippen LogP contribution in [0.25, 0.3) is 0 Å². The van der Waals surface area contributed by atoms with Crippen molar-refractivity contribution >= 4 is 29.6 Å². The van der Waals surface area contributed by atoms with Gasteiger partial charge >= 0.3 is 18.0 Å². The Labute approximate surface area is 125 Å². The lowest BCUT2D eigenvalue weighted by molar-refractivity contribution is -0.140. The van der Waals surface area contributed by atoms with E-state index in [0.717, 1.165) is 0 Å². The van der Waals surface area contributed by atoms with Crippen LogP contribution in [-0.4, -0.2) is 40.1 Å². The van der Waals surface area contributed by atoms with Crippen molar-refractivity contribution in [1.29, 1.82) is 0 Å². The number of amides is 3. The molecule has 22 heavy (non-hydrogen) atoms. The third-order valence-corrected chi connectivity index (χ3v) is 2.64. The van der Waals surface area contributed by atoms with Crippen LogP contribution in [-0.2, 0) is 9.59 Å². The Bertz CT molecular complexity index is 601. The van der Waals surface area contributed by atoms with Gasteiger partial charge < -0.3 is 26.6 Å². The Hall–Kier alpha value is -3.10. The van der Waals surface area contributed by atoms with Gasteiger partial charge in [-0.05, 0) is 24.6 Å². The van der Waals surface area contributed by atoms with E-state index in [-0.39, 0.29) is 24.1 Å². The number of urea groups is 1. The van der Waals surface area contributed by atoms with Gasteiger partial charge in [0.1, 0.15) is 6.04 Å². The second-order valence-corrected chi connectivity index (χ2v) is 4.37. The van der Waals surface area contributed by atoms with Crippen LogP contribution in [0.1, 0.15) is 23.2 Å². The zero-order valence-electron chi connectivity index (χ0n) is 11.4. The SMILES string of the molecule is NC(=O)Nc1cccc(C(=O)NC(CCC(=O)O)C(=O)O)c1. The Morgan fingerprint density at radius 2 is 1.86 bits per heavy atom. The molecule has 0 saturated heterocycles. The molecule has 1 rings (SSSR count). The zero-order chi connectivity index (χ0) is 16.7. The van der Waals surface area contributed by atoms with E-state index in [1.807, 2.05) is 0 Å². The first-order valence-electron chi connectivity index (χ1n) is 6.21. The zero-order valence-corrected chi connectivity index (χ0v) is 11.4. The molecule has 3 amide bonds. The predicted molar refractivity (Wildman–Crippen MR) is 75.4 cm³/mol. The highest BCUT2D eigenvalue weighted by Gasteiger charge is 2.21. The number of primary amides is 1. The highest BCUT2D eigenvalue weighted by molar-refractivity contribution is 5.98. The highest BCUT2D eigenvalue weighted by atomic mass is 16.4. The number of nitrogens with one attached hydrogen (secondary N) is 2. The van der Waals surface area contributed by atoms with E-state index in [0.29, 0.717) is 0 Å². The number of carboxylic acid groups (broad SMARTS) is 2. The summed E-state index contributed by atoms with van der Waals surface area (Å²) in [6.07, 6.45) is -0.629. The normalized spacial score (nSPS) is 11.3. The van der Waals surface area contributed by atoms with E-state index in [4.69, 9.17) is 15.9 Å². The third-order valence-electron chi connectivity index (χ3n) is 2.64. The summed E-state index contributed by atoms with van der Waals surface area (Å²) >= 11 is 0. The predicted octanol–water partition coefficient (Wildman–Crippen LogP) is 0.225. The minimum Gasteiger partial charge on any atom is -0.481 e. The maximum Gasteiger partial charge on any atom is 0.326 e. The molecule has 0 aliphatic heterocycles. The molecule has 1 aromatic rings. The summed E-state index contributed by atoms with van der Waals surface area (Å²) in [6.45, 7) is 0. The van der Waals surface area contributed by atoms with E-state index < -0.39 is 29.9 Å². The number of carbonyl (C=O) groups is 4. The second-order valence-electron chi connectivity index (χ2n) is 4.37. The van der Waals surface area contributed by atoms with Gasteiger partial charge in [0.15, 0.2) is 0 Å². The average molecular weight is 309 g/mol. The van der Waals surface area contributed by atoms with E-state index in [2.05, 4.69) is 10.6 Å². The molecule has 1 atom stereocenters. The molecule has 0 saturated carbocycles. The maximum atomic E-state index is 12.0. The number of benzene rings is 1. The van der Waals surface area contributed by atoms with Gasteiger partial charge in [-0.15, -0.1) is 0 Å². The minimum absolute atomic E-state index is 0.104. The molecule has 0 aliphatic rings. The van der Waals surface area contributed by atoms with Crippen LogP contribution < -0.4 is 16.4 Å². The Balaban J connectivity index is 2.79. The summed E-state index contributed by atoms with van der Waals surface area (Å²) < 4.78 is 0. The molecule has 0 aromatic heterocycles.